The van der Waals surface area contributed by atoms with Crippen LogP contribution in [0.1, 0.15) is 32.3 Å². The molecule has 0 saturated heterocycles. The summed E-state index contributed by atoms with van der Waals surface area (Å²) in [4.78, 5) is 15.0. The second-order valence-corrected chi connectivity index (χ2v) is 12.4. The van der Waals surface area contributed by atoms with Gasteiger partial charge in [0.05, 0.1) is 36.5 Å². The van der Waals surface area contributed by atoms with Crippen LogP contribution < -0.4 is 29.2 Å². The molecule has 0 unspecified atom stereocenters. The van der Waals surface area contributed by atoms with Crippen molar-refractivity contribution in [2.45, 2.75) is 43.9 Å². The lowest BCUT2D eigenvalue weighted by Crippen LogP contribution is -2.52. The van der Waals surface area contributed by atoms with Crippen molar-refractivity contribution in [1.82, 2.24) is 0 Å². The lowest BCUT2D eigenvalue weighted by atomic mass is 9.90. The smallest absolute Gasteiger partial charge is 0.312 e. The molecule has 1 saturated carbocycles. The Bertz CT molecular complexity index is 1550. The minimum absolute atomic E-state index is 0.0444. The number of likely N-dealkylation sites (N-methyl/N-ethyl adjacent to an activating group) is 1. The molecule has 1 aliphatic heterocycles. The molecule has 2 aliphatic rings. The van der Waals surface area contributed by atoms with Crippen LogP contribution in [0.2, 0.25) is 0 Å². The molecule has 1 amide bonds. The predicted molar refractivity (Wildman–Crippen MR) is 157 cm³/mol. The number of nitrogens with one attached hydrogen (secondary N) is 2. The van der Waals surface area contributed by atoms with Gasteiger partial charge in [-0.05, 0) is 74.6 Å². The largest absolute Gasteiger partial charge is 0.496 e. The molecule has 3 aromatic rings. The monoisotopic (exact) mass is 565 g/mol. The highest BCUT2D eigenvalue weighted by molar-refractivity contribution is 7.88. The van der Waals surface area contributed by atoms with Crippen LogP contribution in [0.5, 0.6) is 17.2 Å². The van der Waals surface area contributed by atoms with E-state index in [1.165, 1.54) is 0 Å². The van der Waals surface area contributed by atoms with Crippen LogP contribution in [0.4, 0.5) is 17.1 Å². The number of hydrogen-bond acceptors (Lipinski definition) is 8. The Hall–Kier alpha value is -3.92. The van der Waals surface area contributed by atoms with Gasteiger partial charge in [-0.1, -0.05) is 18.2 Å². The van der Waals surface area contributed by atoms with E-state index in [4.69, 9.17) is 13.7 Å². The maximum absolute atomic E-state index is 13.3. The van der Waals surface area contributed by atoms with Gasteiger partial charge in [0.15, 0.2) is 0 Å². The molecule has 0 aromatic heterocycles. The molecule has 3 aromatic carbocycles. The van der Waals surface area contributed by atoms with Gasteiger partial charge in [0.1, 0.15) is 22.8 Å². The number of methoxy groups -OCH3 is 2. The van der Waals surface area contributed by atoms with E-state index in [9.17, 15) is 13.2 Å². The summed E-state index contributed by atoms with van der Waals surface area (Å²) in [6, 6.07) is 16.7. The number of rotatable bonds is 10. The van der Waals surface area contributed by atoms with Crippen molar-refractivity contribution in [2.75, 3.05) is 43.3 Å². The molecular formula is C30H35N3O6S. The number of hydrogen-bond donors (Lipinski definition) is 2. The zero-order valence-electron chi connectivity index (χ0n) is 23.4. The number of ether oxygens (including phenoxy) is 2. The van der Waals surface area contributed by atoms with Gasteiger partial charge in [-0.3, -0.25) is 4.79 Å². The molecule has 0 atom stereocenters. The summed E-state index contributed by atoms with van der Waals surface area (Å²) in [5.41, 5.74) is 4.35. The summed E-state index contributed by atoms with van der Waals surface area (Å²) in [7, 11) is 1.31. The molecule has 1 aliphatic carbocycles. The van der Waals surface area contributed by atoms with E-state index in [2.05, 4.69) is 10.6 Å². The summed E-state index contributed by atoms with van der Waals surface area (Å²) in [5, 5.41) is 6.41. The second kappa shape index (κ2) is 10.6. The minimum atomic E-state index is -3.66. The number of anilines is 3. The molecule has 10 heteroatoms. The highest BCUT2D eigenvalue weighted by atomic mass is 32.2. The van der Waals surface area contributed by atoms with Gasteiger partial charge in [-0.15, -0.1) is 0 Å². The fourth-order valence-electron chi connectivity index (χ4n) is 5.15. The van der Waals surface area contributed by atoms with E-state index in [-0.39, 0.29) is 11.7 Å². The maximum atomic E-state index is 13.3. The molecule has 5 rings (SSSR count). The highest BCUT2D eigenvalue weighted by Crippen LogP contribution is 2.45. The third-order valence-electron chi connectivity index (χ3n) is 7.31. The fraction of sp³-hybridized carbons (Fsp3) is 0.367. The van der Waals surface area contributed by atoms with Crippen LogP contribution in [0.25, 0.3) is 11.1 Å². The van der Waals surface area contributed by atoms with E-state index in [0.717, 1.165) is 39.5 Å². The number of carbonyl (C=O) groups is 1. The molecule has 1 fully saturated rings. The first kappa shape index (κ1) is 27.6. The summed E-state index contributed by atoms with van der Waals surface area (Å²) in [6.45, 7) is 4.30. The standard InChI is InChI=1S/C30H35N3O6S/c1-30(2)29(34)33(3)28-23(16-17-31-24-8-6-7-9-26(24)37-4)21(14-15-25(28)32-30)22-13-10-19(18-27(22)38-5)39-40(35,36)20-11-12-20/h6-10,13-15,18,20,31-32H,11-12,16-17H2,1-5H3. The van der Waals surface area contributed by atoms with Crippen molar-refractivity contribution in [3.63, 3.8) is 0 Å². The Morgan fingerprint density at radius 2 is 1.70 bits per heavy atom. The first-order valence-corrected chi connectivity index (χ1v) is 14.7. The van der Waals surface area contributed by atoms with Crippen molar-refractivity contribution in [2.24, 2.45) is 0 Å². The van der Waals surface area contributed by atoms with Crippen molar-refractivity contribution >= 4 is 33.1 Å². The van der Waals surface area contributed by atoms with Crippen LogP contribution in [-0.4, -0.2) is 52.9 Å². The van der Waals surface area contributed by atoms with Crippen molar-refractivity contribution in [3.05, 3.63) is 60.2 Å². The third-order valence-corrected chi connectivity index (χ3v) is 9.02. The molecular weight excluding hydrogens is 530 g/mol. The molecule has 1 heterocycles. The number of amides is 1. The van der Waals surface area contributed by atoms with Gasteiger partial charge in [0.25, 0.3) is 5.91 Å². The number of benzene rings is 3. The normalized spacial score (nSPS) is 16.1. The quantitative estimate of drug-likeness (QED) is 0.329. The molecule has 9 nitrogen and oxygen atoms in total. The summed E-state index contributed by atoms with van der Waals surface area (Å²) < 4.78 is 41.4. The SMILES string of the molecule is COc1ccccc1NCCc1c(-c2ccc(OS(=O)(=O)C3CC3)cc2OC)ccc2c1N(C)C(=O)C(C)(C)N2. The van der Waals surface area contributed by atoms with Gasteiger partial charge in [-0.2, -0.15) is 8.42 Å². The van der Waals surface area contributed by atoms with E-state index in [1.807, 2.05) is 50.2 Å². The molecule has 40 heavy (non-hydrogen) atoms. The maximum Gasteiger partial charge on any atom is 0.312 e. The van der Waals surface area contributed by atoms with Gasteiger partial charge in [0, 0.05) is 25.2 Å². The third kappa shape index (κ3) is 5.28. The summed E-state index contributed by atoms with van der Waals surface area (Å²) >= 11 is 0. The van der Waals surface area contributed by atoms with Gasteiger partial charge in [0.2, 0.25) is 0 Å². The summed E-state index contributed by atoms with van der Waals surface area (Å²) in [5.74, 6) is 1.38. The zero-order valence-corrected chi connectivity index (χ0v) is 24.2. The average molecular weight is 566 g/mol. The fourth-order valence-corrected chi connectivity index (χ4v) is 6.38. The Labute approximate surface area is 235 Å². The van der Waals surface area contributed by atoms with Crippen LogP contribution in [0, 0.1) is 0 Å². The number of carbonyl (C=O) groups excluding carboxylic acids is 1. The van der Waals surface area contributed by atoms with Crippen molar-refractivity contribution < 1.29 is 26.9 Å². The highest BCUT2D eigenvalue weighted by Gasteiger charge is 2.39. The summed E-state index contributed by atoms with van der Waals surface area (Å²) in [6.07, 6.45) is 1.82. The van der Waals surface area contributed by atoms with Crippen molar-refractivity contribution in [1.29, 1.82) is 0 Å². The average Bonchev–Trinajstić information content (AvgIpc) is 3.78. The van der Waals surface area contributed by atoms with Crippen LogP contribution in [0.3, 0.4) is 0 Å². The second-order valence-electron chi connectivity index (χ2n) is 10.6. The van der Waals surface area contributed by atoms with Gasteiger partial charge < -0.3 is 29.2 Å². The zero-order chi connectivity index (χ0) is 28.7. The minimum Gasteiger partial charge on any atom is -0.496 e. The van der Waals surface area contributed by atoms with Crippen molar-refractivity contribution in [3.8, 4) is 28.4 Å². The first-order chi connectivity index (χ1) is 19.1. The van der Waals surface area contributed by atoms with E-state index in [0.29, 0.717) is 31.6 Å². The lowest BCUT2D eigenvalue weighted by molar-refractivity contribution is -0.121. The number of fused-ring (bicyclic) bond motifs is 1. The number of para-hydroxylation sites is 2. The molecule has 0 radical (unpaired) electrons. The Balaban J connectivity index is 1.55. The van der Waals surface area contributed by atoms with Crippen LogP contribution >= 0.6 is 0 Å². The molecule has 212 valence electrons. The molecule has 0 spiro atoms. The Kier molecular flexibility index (Phi) is 7.31. The number of nitrogens with zero attached hydrogens (tertiary/aromatic N) is 1. The van der Waals surface area contributed by atoms with E-state index >= 15 is 0 Å². The van der Waals surface area contributed by atoms with Crippen LogP contribution in [0.15, 0.2) is 54.6 Å². The van der Waals surface area contributed by atoms with Crippen LogP contribution in [-0.2, 0) is 21.3 Å². The van der Waals surface area contributed by atoms with E-state index in [1.54, 1.807) is 44.4 Å². The van der Waals surface area contributed by atoms with Gasteiger partial charge in [-0.25, -0.2) is 0 Å². The van der Waals surface area contributed by atoms with E-state index < -0.39 is 20.9 Å². The first-order valence-electron chi connectivity index (χ1n) is 13.3. The lowest BCUT2D eigenvalue weighted by Gasteiger charge is -2.40. The molecule has 2 N–H and O–H groups in total. The van der Waals surface area contributed by atoms with Gasteiger partial charge >= 0.3 is 10.1 Å². The Morgan fingerprint density at radius 1 is 1.00 bits per heavy atom. The topological polar surface area (TPSA) is 106 Å². The molecule has 0 bridgehead atoms. The predicted octanol–water partition coefficient (Wildman–Crippen LogP) is 5.06. The Morgan fingerprint density at radius 3 is 2.40 bits per heavy atom.